The van der Waals surface area contributed by atoms with Crippen molar-refractivity contribution in [2.75, 3.05) is 5.73 Å². The van der Waals surface area contributed by atoms with E-state index in [-0.39, 0.29) is 23.1 Å². The quantitative estimate of drug-likeness (QED) is 0.745. The van der Waals surface area contributed by atoms with Crippen LogP contribution in [0.25, 0.3) is 16.9 Å². The maximum atomic E-state index is 12.2. The van der Waals surface area contributed by atoms with E-state index in [0.717, 1.165) is 29.8 Å². The first-order valence-corrected chi connectivity index (χ1v) is 9.97. The van der Waals surface area contributed by atoms with Crippen molar-refractivity contribution in [2.45, 2.75) is 58.3 Å². The molecular formula is C21H27N5O2. The van der Waals surface area contributed by atoms with Crippen LogP contribution in [0.4, 0.5) is 5.82 Å². The number of hydrogen-bond donors (Lipinski definition) is 3. The lowest BCUT2D eigenvalue weighted by molar-refractivity contribution is 0.100. The third kappa shape index (κ3) is 2.85. The van der Waals surface area contributed by atoms with Crippen LogP contribution in [0.5, 0.6) is 0 Å². The fraction of sp³-hybridized carbons (Fsp3) is 0.476. The van der Waals surface area contributed by atoms with Crippen LogP contribution in [0.1, 0.15) is 74.3 Å². The summed E-state index contributed by atoms with van der Waals surface area (Å²) in [5.74, 6) is 0.311. The minimum absolute atomic E-state index is 0.106. The predicted octanol–water partition coefficient (Wildman–Crippen LogP) is 3.87. The molecule has 0 aliphatic heterocycles. The standard InChI is InChI=1S/C21H27N5O2/c1-11-8-9-15(27)12(2)18(11)26-19(22)16(20(23)28)17-21(26)24-10-14(25-17)13-6-4-3-5-7-13/h9-11,13,27H,3-8,22H2,1-2H3,(H2,23,28). The molecule has 7 heteroatoms. The largest absolute Gasteiger partial charge is 0.508 e. The van der Waals surface area contributed by atoms with E-state index < -0.39 is 5.91 Å². The Morgan fingerprint density at radius 3 is 2.68 bits per heavy atom. The molecule has 2 aromatic rings. The van der Waals surface area contributed by atoms with Gasteiger partial charge in [-0.25, -0.2) is 9.97 Å². The van der Waals surface area contributed by atoms with E-state index in [2.05, 4.69) is 11.9 Å². The molecule has 1 unspecified atom stereocenters. The van der Waals surface area contributed by atoms with Crippen LogP contribution >= 0.6 is 0 Å². The van der Waals surface area contributed by atoms with Crippen LogP contribution in [0.2, 0.25) is 0 Å². The molecule has 1 fully saturated rings. The monoisotopic (exact) mass is 381 g/mol. The van der Waals surface area contributed by atoms with Crippen molar-refractivity contribution in [1.29, 1.82) is 0 Å². The number of fused-ring (bicyclic) bond motifs is 1. The fourth-order valence-electron chi connectivity index (χ4n) is 4.60. The van der Waals surface area contributed by atoms with Crippen LogP contribution in [0.15, 0.2) is 23.6 Å². The Morgan fingerprint density at radius 1 is 1.29 bits per heavy atom. The van der Waals surface area contributed by atoms with Crippen molar-refractivity contribution in [3.05, 3.63) is 34.9 Å². The van der Waals surface area contributed by atoms with Crippen LogP contribution in [-0.2, 0) is 0 Å². The minimum Gasteiger partial charge on any atom is -0.508 e. The van der Waals surface area contributed by atoms with Gasteiger partial charge in [-0.05, 0) is 32.3 Å². The van der Waals surface area contributed by atoms with E-state index >= 15 is 0 Å². The zero-order valence-corrected chi connectivity index (χ0v) is 16.4. The van der Waals surface area contributed by atoms with Crippen molar-refractivity contribution >= 4 is 28.6 Å². The second-order valence-corrected chi connectivity index (χ2v) is 8.00. The number of carbonyl (C=O) groups excluding carboxylic acids is 1. The number of primary amides is 1. The summed E-state index contributed by atoms with van der Waals surface area (Å²) < 4.78 is 1.75. The minimum atomic E-state index is -0.613. The summed E-state index contributed by atoms with van der Waals surface area (Å²) in [6, 6.07) is 0. The molecule has 2 aliphatic rings. The van der Waals surface area contributed by atoms with E-state index in [0.29, 0.717) is 23.5 Å². The Balaban J connectivity index is 1.95. The highest BCUT2D eigenvalue weighted by Crippen LogP contribution is 2.39. The van der Waals surface area contributed by atoms with E-state index in [1.54, 1.807) is 16.8 Å². The number of rotatable bonds is 3. The third-order valence-electron chi connectivity index (χ3n) is 6.13. The molecule has 4 rings (SSSR count). The Labute approximate surface area is 164 Å². The Kier molecular flexibility index (Phi) is 4.61. The third-order valence-corrected chi connectivity index (χ3v) is 6.13. The highest BCUT2D eigenvalue weighted by Gasteiger charge is 2.29. The molecular weight excluding hydrogens is 354 g/mol. The molecule has 2 aromatic heterocycles. The molecule has 1 amide bonds. The molecule has 2 aliphatic carbocycles. The molecule has 7 nitrogen and oxygen atoms in total. The Hall–Kier alpha value is -2.83. The number of aromatic nitrogens is 3. The molecule has 28 heavy (non-hydrogen) atoms. The number of hydrogen-bond acceptors (Lipinski definition) is 5. The van der Waals surface area contributed by atoms with Crippen molar-refractivity contribution < 1.29 is 9.90 Å². The van der Waals surface area contributed by atoms with Gasteiger partial charge in [0.2, 0.25) is 0 Å². The highest BCUT2D eigenvalue weighted by atomic mass is 16.3. The molecule has 0 aromatic carbocycles. The number of nitrogen functional groups attached to an aromatic ring is 1. The van der Waals surface area contributed by atoms with Gasteiger partial charge in [0.05, 0.1) is 11.9 Å². The number of amides is 1. The van der Waals surface area contributed by atoms with Gasteiger partial charge in [0.25, 0.3) is 5.91 Å². The Morgan fingerprint density at radius 2 is 2.00 bits per heavy atom. The molecule has 0 saturated heterocycles. The maximum Gasteiger partial charge on any atom is 0.254 e. The molecule has 148 valence electrons. The predicted molar refractivity (Wildman–Crippen MR) is 110 cm³/mol. The smallest absolute Gasteiger partial charge is 0.254 e. The van der Waals surface area contributed by atoms with Gasteiger partial charge in [-0.15, -0.1) is 0 Å². The average Bonchev–Trinajstić information content (AvgIpc) is 2.97. The number of nitrogens with zero attached hydrogens (tertiary/aromatic N) is 3. The fourth-order valence-corrected chi connectivity index (χ4v) is 4.60. The lowest BCUT2D eigenvalue weighted by atomic mass is 9.87. The van der Waals surface area contributed by atoms with Crippen molar-refractivity contribution in [1.82, 2.24) is 14.5 Å². The van der Waals surface area contributed by atoms with Crippen LogP contribution in [0, 0.1) is 5.92 Å². The lowest BCUT2D eigenvalue weighted by Gasteiger charge is -2.25. The number of nitrogens with two attached hydrogens (primary N) is 2. The number of carbonyl (C=O) groups is 1. The highest BCUT2D eigenvalue weighted by molar-refractivity contribution is 6.10. The maximum absolute atomic E-state index is 12.2. The zero-order chi connectivity index (χ0) is 20.0. The molecule has 0 radical (unpaired) electrons. The summed E-state index contributed by atoms with van der Waals surface area (Å²) in [5.41, 5.74) is 15.7. The van der Waals surface area contributed by atoms with Gasteiger partial charge in [0, 0.05) is 23.1 Å². The summed E-state index contributed by atoms with van der Waals surface area (Å²) in [6.07, 6.45) is 10.1. The van der Waals surface area contributed by atoms with E-state index in [1.807, 2.05) is 6.92 Å². The van der Waals surface area contributed by atoms with Gasteiger partial charge >= 0.3 is 0 Å². The summed E-state index contributed by atoms with van der Waals surface area (Å²) >= 11 is 0. The van der Waals surface area contributed by atoms with Crippen LogP contribution < -0.4 is 11.5 Å². The number of allylic oxidation sites excluding steroid dienone is 3. The summed E-state index contributed by atoms with van der Waals surface area (Å²) in [6.45, 7) is 3.90. The Bertz CT molecular complexity index is 1010. The van der Waals surface area contributed by atoms with Gasteiger partial charge < -0.3 is 16.6 Å². The zero-order valence-electron chi connectivity index (χ0n) is 16.4. The number of aliphatic hydroxyl groups excluding tert-OH is 1. The topological polar surface area (TPSA) is 120 Å². The first kappa shape index (κ1) is 18.5. The lowest BCUT2D eigenvalue weighted by Crippen LogP contribution is -2.17. The van der Waals surface area contributed by atoms with Gasteiger partial charge in [-0.3, -0.25) is 9.36 Å². The molecule has 1 atom stereocenters. The SMILES string of the molecule is CC1=C(n2c(N)c(C(N)=O)c3nc(C4CCCCC4)cnc32)C(C)CC=C1O. The van der Waals surface area contributed by atoms with E-state index in [4.69, 9.17) is 16.5 Å². The summed E-state index contributed by atoms with van der Waals surface area (Å²) in [4.78, 5) is 21.7. The van der Waals surface area contributed by atoms with Crippen molar-refractivity contribution in [3.63, 3.8) is 0 Å². The molecule has 1 saturated carbocycles. The van der Waals surface area contributed by atoms with E-state index in [1.165, 1.54) is 19.3 Å². The molecule has 2 heterocycles. The van der Waals surface area contributed by atoms with Gasteiger partial charge in [-0.1, -0.05) is 26.2 Å². The molecule has 0 spiro atoms. The van der Waals surface area contributed by atoms with Gasteiger partial charge in [0.15, 0.2) is 5.65 Å². The van der Waals surface area contributed by atoms with Gasteiger partial charge in [-0.2, -0.15) is 0 Å². The second kappa shape index (κ2) is 6.96. The summed E-state index contributed by atoms with van der Waals surface area (Å²) in [5, 5.41) is 10.2. The normalized spacial score (nSPS) is 21.2. The van der Waals surface area contributed by atoms with E-state index in [9.17, 15) is 9.90 Å². The van der Waals surface area contributed by atoms with Crippen LogP contribution in [-0.4, -0.2) is 25.5 Å². The van der Waals surface area contributed by atoms with Crippen molar-refractivity contribution in [3.8, 4) is 0 Å². The summed E-state index contributed by atoms with van der Waals surface area (Å²) in [7, 11) is 0. The van der Waals surface area contributed by atoms with Gasteiger partial charge in [0.1, 0.15) is 22.7 Å². The first-order valence-electron chi connectivity index (χ1n) is 9.97. The molecule has 0 bridgehead atoms. The molecule has 5 N–H and O–H groups in total. The number of aliphatic hydroxyl groups is 1. The first-order chi connectivity index (χ1) is 13.4. The second-order valence-electron chi connectivity index (χ2n) is 8.00. The average molecular weight is 381 g/mol. The number of anilines is 1. The van der Waals surface area contributed by atoms with Crippen LogP contribution in [0.3, 0.4) is 0 Å². The van der Waals surface area contributed by atoms with Crippen molar-refractivity contribution in [2.24, 2.45) is 11.7 Å².